The van der Waals surface area contributed by atoms with Crippen LogP contribution in [0.3, 0.4) is 0 Å². The molecule has 0 aliphatic heterocycles. The number of sulfone groups is 1. The molecule has 1 fully saturated rings. The molecular weight excluding hydrogens is 176 g/mol. The second-order valence-electron chi connectivity index (χ2n) is 4.57. The van der Waals surface area contributed by atoms with Crippen molar-refractivity contribution >= 4 is 9.84 Å². The Morgan fingerprint density at radius 1 is 1.42 bits per heavy atom. The van der Waals surface area contributed by atoms with Crippen molar-refractivity contribution in [3.63, 3.8) is 0 Å². The van der Waals surface area contributed by atoms with Gasteiger partial charge in [-0.3, -0.25) is 0 Å². The van der Waals surface area contributed by atoms with E-state index in [1.54, 1.807) is 0 Å². The minimum Gasteiger partial charge on any atom is -0.396 e. The van der Waals surface area contributed by atoms with E-state index in [0.717, 1.165) is 6.42 Å². The first-order chi connectivity index (χ1) is 5.22. The summed E-state index contributed by atoms with van der Waals surface area (Å²) in [5.74, 6) is 0.115. The lowest BCUT2D eigenvalue weighted by atomic mass is 9.99. The largest absolute Gasteiger partial charge is 0.396 e. The maximum Gasteiger partial charge on any atom is 0.148 e. The zero-order chi connectivity index (χ0) is 9.62. The molecule has 0 radical (unpaired) electrons. The Morgan fingerprint density at radius 3 is 1.92 bits per heavy atom. The molecule has 0 bridgehead atoms. The normalized spacial score (nSPS) is 33.3. The van der Waals surface area contributed by atoms with Gasteiger partial charge in [0.05, 0.1) is 12.4 Å². The van der Waals surface area contributed by atoms with Gasteiger partial charge in [0.2, 0.25) is 0 Å². The molecule has 0 spiro atoms. The predicted molar refractivity (Wildman–Crippen MR) is 47.6 cm³/mol. The molecular formula is C8H16O3S. The first-order valence-electron chi connectivity index (χ1n) is 4.01. The maximum atomic E-state index is 11.0. The molecule has 1 aliphatic rings. The lowest BCUT2D eigenvalue weighted by Gasteiger charge is -2.15. The molecule has 1 atom stereocenters. The number of hydrogen-bond donors (Lipinski definition) is 1. The number of rotatable bonds is 3. The van der Waals surface area contributed by atoms with Crippen molar-refractivity contribution in [1.29, 1.82) is 0 Å². The fourth-order valence-electron chi connectivity index (χ4n) is 1.87. The lowest BCUT2D eigenvalue weighted by molar-refractivity contribution is 0.197. The fourth-order valence-corrected chi connectivity index (χ4v) is 3.45. The monoisotopic (exact) mass is 192 g/mol. The van der Waals surface area contributed by atoms with Gasteiger partial charge in [0.25, 0.3) is 0 Å². The first kappa shape index (κ1) is 9.99. The van der Waals surface area contributed by atoms with Gasteiger partial charge < -0.3 is 5.11 Å². The second-order valence-corrected chi connectivity index (χ2v) is 6.71. The van der Waals surface area contributed by atoms with Gasteiger partial charge in [-0.05, 0) is 11.8 Å². The van der Waals surface area contributed by atoms with Crippen LogP contribution < -0.4 is 0 Å². The Hall–Kier alpha value is -0.0900. The highest BCUT2D eigenvalue weighted by Gasteiger charge is 2.61. The summed E-state index contributed by atoms with van der Waals surface area (Å²) in [5, 5.41) is 9.09. The quantitative estimate of drug-likeness (QED) is 0.706. The van der Waals surface area contributed by atoms with Crippen LogP contribution in [0.1, 0.15) is 20.3 Å². The lowest BCUT2D eigenvalue weighted by Crippen LogP contribution is -2.24. The summed E-state index contributed by atoms with van der Waals surface area (Å²) in [4.78, 5) is 0. The van der Waals surface area contributed by atoms with E-state index in [1.807, 2.05) is 13.8 Å². The van der Waals surface area contributed by atoms with Crippen molar-refractivity contribution in [2.24, 2.45) is 10.8 Å². The van der Waals surface area contributed by atoms with E-state index < -0.39 is 9.84 Å². The van der Waals surface area contributed by atoms with E-state index in [-0.39, 0.29) is 23.2 Å². The van der Waals surface area contributed by atoms with Gasteiger partial charge in [0.15, 0.2) is 0 Å². The standard InChI is InChI=1S/C8H16O3S/c1-7(2)4-8(7,5-9)6-12(3,10)11/h9H,4-6H2,1-3H3. The third kappa shape index (κ3) is 1.64. The van der Waals surface area contributed by atoms with Crippen molar-refractivity contribution in [1.82, 2.24) is 0 Å². The van der Waals surface area contributed by atoms with Crippen LogP contribution in [0.4, 0.5) is 0 Å². The third-order valence-electron chi connectivity index (χ3n) is 2.93. The first-order valence-corrected chi connectivity index (χ1v) is 6.07. The van der Waals surface area contributed by atoms with Crippen LogP contribution in [0, 0.1) is 10.8 Å². The van der Waals surface area contributed by atoms with Crippen LogP contribution in [0.15, 0.2) is 0 Å². The van der Waals surface area contributed by atoms with Gasteiger partial charge in [0.1, 0.15) is 9.84 Å². The van der Waals surface area contributed by atoms with Crippen LogP contribution in [-0.2, 0) is 9.84 Å². The molecule has 0 amide bonds. The van der Waals surface area contributed by atoms with Gasteiger partial charge in [-0.15, -0.1) is 0 Å². The number of aliphatic hydroxyl groups excluding tert-OH is 1. The second kappa shape index (κ2) is 2.45. The summed E-state index contributed by atoms with van der Waals surface area (Å²) < 4.78 is 22.0. The Bertz CT molecular complexity index is 279. The van der Waals surface area contributed by atoms with E-state index in [2.05, 4.69) is 0 Å². The topological polar surface area (TPSA) is 54.4 Å². The van der Waals surface area contributed by atoms with Crippen LogP contribution in [-0.4, -0.2) is 32.1 Å². The van der Waals surface area contributed by atoms with Crippen molar-refractivity contribution in [3.05, 3.63) is 0 Å². The Morgan fingerprint density at radius 2 is 1.83 bits per heavy atom. The molecule has 72 valence electrons. The van der Waals surface area contributed by atoms with E-state index >= 15 is 0 Å². The average molecular weight is 192 g/mol. The maximum absolute atomic E-state index is 11.0. The molecule has 1 saturated carbocycles. The van der Waals surface area contributed by atoms with Crippen molar-refractivity contribution in [2.75, 3.05) is 18.6 Å². The smallest absolute Gasteiger partial charge is 0.148 e. The summed E-state index contributed by atoms with van der Waals surface area (Å²) >= 11 is 0. The number of hydrogen-bond acceptors (Lipinski definition) is 3. The summed E-state index contributed by atoms with van der Waals surface area (Å²) in [6.07, 6.45) is 2.03. The summed E-state index contributed by atoms with van der Waals surface area (Å²) in [6, 6.07) is 0. The van der Waals surface area contributed by atoms with Gasteiger partial charge in [-0.2, -0.15) is 0 Å². The third-order valence-corrected chi connectivity index (χ3v) is 4.01. The van der Waals surface area contributed by atoms with Crippen LogP contribution >= 0.6 is 0 Å². The SMILES string of the molecule is CC1(C)CC1(CO)CS(C)(=O)=O. The van der Waals surface area contributed by atoms with E-state index in [1.165, 1.54) is 6.26 Å². The zero-order valence-corrected chi connectivity index (χ0v) is 8.61. The molecule has 1 N–H and O–H groups in total. The molecule has 0 aromatic rings. The highest BCUT2D eigenvalue weighted by Crippen LogP contribution is 2.63. The highest BCUT2D eigenvalue weighted by molar-refractivity contribution is 7.90. The van der Waals surface area contributed by atoms with Gasteiger partial charge in [0, 0.05) is 11.7 Å². The molecule has 4 heteroatoms. The van der Waals surface area contributed by atoms with Crippen LogP contribution in [0.5, 0.6) is 0 Å². The molecule has 1 unspecified atom stereocenters. The van der Waals surface area contributed by atoms with Crippen molar-refractivity contribution < 1.29 is 13.5 Å². The minimum absolute atomic E-state index is 0.00910. The predicted octanol–water partition coefficient (Wildman–Crippen LogP) is 0.440. The van der Waals surface area contributed by atoms with Crippen molar-refractivity contribution in [3.8, 4) is 0 Å². The highest BCUT2D eigenvalue weighted by atomic mass is 32.2. The molecule has 0 aromatic carbocycles. The van der Waals surface area contributed by atoms with E-state index in [0.29, 0.717) is 0 Å². The Kier molecular flexibility index (Phi) is 2.04. The summed E-state index contributed by atoms with van der Waals surface area (Å²) in [7, 11) is -2.96. The molecule has 0 saturated heterocycles. The van der Waals surface area contributed by atoms with Crippen molar-refractivity contribution in [2.45, 2.75) is 20.3 Å². The zero-order valence-electron chi connectivity index (χ0n) is 7.79. The average Bonchev–Trinajstić information content (AvgIpc) is 2.30. The Labute approximate surface area is 73.7 Å². The number of aliphatic hydroxyl groups is 1. The Balaban J connectivity index is 2.76. The molecule has 12 heavy (non-hydrogen) atoms. The molecule has 1 rings (SSSR count). The van der Waals surface area contributed by atoms with Gasteiger partial charge >= 0.3 is 0 Å². The molecule has 0 heterocycles. The van der Waals surface area contributed by atoms with E-state index in [9.17, 15) is 8.42 Å². The fraction of sp³-hybridized carbons (Fsp3) is 1.00. The summed E-state index contributed by atoms with van der Waals surface area (Å²) in [6.45, 7) is 3.97. The van der Waals surface area contributed by atoms with Crippen LogP contribution in [0.2, 0.25) is 0 Å². The molecule has 3 nitrogen and oxygen atoms in total. The molecule has 0 aromatic heterocycles. The summed E-state index contributed by atoms with van der Waals surface area (Å²) in [5.41, 5.74) is -0.370. The van der Waals surface area contributed by atoms with Gasteiger partial charge in [-0.1, -0.05) is 13.8 Å². The minimum atomic E-state index is -2.96. The van der Waals surface area contributed by atoms with Gasteiger partial charge in [-0.25, -0.2) is 8.42 Å². The van der Waals surface area contributed by atoms with Crippen LogP contribution in [0.25, 0.3) is 0 Å². The van der Waals surface area contributed by atoms with E-state index in [4.69, 9.17) is 5.11 Å². The molecule has 1 aliphatic carbocycles.